The van der Waals surface area contributed by atoms with E-state index in [-0.39, 0.29) is 0 Å². The highest BCUT2D eigenvalue weighted by molar-refractivity contribution is 4.91. The molecule has 2 aliphatic rings. The average molecular weight is 226 g/mol. The van der Waals surface area contributed by atoms with Crippen LogP contribution in [0.1, 0.15) is 33.1 Å². The summed E-state index contributed by atoms with van der Waals surface area (Å²) in [4.78, 5) is 2.68. The lowest BCUT2D eigenvalue weighted by Crippen LogP contribution is -2.57. The zero-order chi connectivity index (χ0) is 11.5. The first-order valence-electron chi connectivity index (χ1n) is 6.74. The molecule has 16 heavy (non-hydrogen) atoms. The number of nitrogens with zero attached hydrogens (tertiary/aromatic N) is 1. The molecule has 4 atom stereocenters. The highest BCUT2D eigenvalue weighted by atomic mass is 16.5. The van der Waals surface area contributed by atoms with Crippen molar-refractivity contribution in [2.24, 2.45) is 5.92 Å². The summed E-state index contributed by atoms with van der Waals surface area (Å²) < 4.78 is 5.61. The van der Waals surface area contributed by atoms with E-state index in [0.29, 0.717) is 18.1 Å². The molecular formula is C13H26N2O. The van der Waals surface area contributed by atoms with Crippen molar-refractivity contribution in [3.05, 3.63) is 0 Å². The normalized spacial score (nSPS) is 42.2. The Morgan fingerprint density at radius 3 is 2.69 bits per heavy atom. The van der Waals surface area contributed by atoms with Crippen LogP contribution in [0.15, 0.2) is 0 Å². The molecule has 0 aromatic heterocycles. The monoisotopic (exact) mass is 226 g/mol. The number of nitrogens with one attached hydrogen (secondary N) is 1. The fraction of sp³-hybridized carbons (Fsp3) is 1.00. The molecule has 0 spiro atoms. The van der Waals surface area contributed by atoms with E-state index in [1.54, 1.807) is 0 Å². The highest BCUT2D eigenvalue weighted by Gasteiger charge is 2.35. The van der Waals surface area contributed by atoms with Crippen LogP contribution >= 0.6 is 0 Å². The Hall–Kier alpha value is -0.120. The van der Waals surface area contributed by atoms with E-state index in [1.165, 1.54) is 25.8 Å². The van der Waals surface area contributed by atoms with Gasteiger partial charge in [-0.15, -0.1) is 0 Å². The molecule has 0 aromatic rings. The predicted octanol–water partition coefficient (Wildman–Crippen LogP) is 1.48. The Balaban J connectivity index is 1.95. The summed E-state index contributed by atoms with van der Waals surface area (Å²) >= 11 is 0. The van der Waals surface area contributed by atoms with E-state index in [9.17, 15) is 0 Å². The number of hydrogen-bond donors (Lipinski definition) is 1. The number of ether oxygens (including phenoxy) is 1. The van der Waals surface area contributed by atoms with Crippen molar-refractivity contribution in [1.82, 2.24) is 10.2 Å². The van der Waals surface area contributed by atoms with E-state index in [4.69, 9.17) is 4.74 Å². The zero-order valence-electron chi connectivity index (χ0n) is 10.9. The summed E-state index contributed by atoms with van der Waals surface area (Å²) in [5.74, 6) is 0.737. The van der Waals surface area contributed by atoms with Gasteiger partial charge in [0.05, 0.1) is 6.61 Å². The largest absolute Gasteiger partial charge is 0.380 e. The standard InChI is InChI=1S/C13H26N2O/c1-10-11(2)15(7-6-13(10)14-3)12-5-4-8-16-9-12/h10-14H,4-9H2,1-3H3. The summed E-state index contributed by atoms with van der Waals surface area (Å²) in [6.07, 6.45) is 3.83. The van der Waals surface area contributed by atoms with Crippen LogP contribution < -0.4 is 5.32 Å². The third kappa shape index (κ3) is 2.41. The first-order valence-corrected chi connectivity index (χ1v) is 6.74. The molecule has 2 fully saturated rings. The van der Waals surface area contributed by atoms with Crippen LogP contribution in [0.25, 0.3) is 0 Å². The topological polar surface area (TPSA) is 24.5 Å². The van der Waals surface area contributed by atoms with Gasteiger partial charge in [-0.1, -0.05) is 6.92 Å². The molecule has 2 heterocycles. The van der Waals surface area contributed by atoms with Crippen molar-refractivity contribution in [2.45, 2.75) is 51.2 Å². The maximum absolute atomic E-state index is 5.61. The average Bonchev–Trinajstić information content (AvgIpc) is 2.34. The van der Waals surface area contributed by atoms with Gasteiger partial charge in [0.15, 0.2) is 0 Å². The third-order valence-corrected chi connectivity index (χ3v) is 4.59. The molecule has 0 saturated carbocycles. The van der Waals surface area contributed by atoms with Crippen molar-refractivity contribution in [3.63, 3.8) is 0 Å². The predicted molar refractivity (Wildman–Crippen MR) is 66.6 cm³/mol. The maximum Gasteiger partial charge on any atom is 0.0621 e. The molecule has 0 radical (unpaired) electrons. The van der Waals surface area contributed by atoms with Crippen LogP contribution in [-0.4, -0.2) is 49.8 Å². The van der Waals surface area contributed by atoms with E-state index in [0.717, 1.165) is 19.1 Å². The molecule has 2 rings (SSSR count). The van der Waals surface area contributed by atoms with Crippen LogP contribution in [0.2, 0.25) is 0 Å². The van der Waals surface area contributed by atoms with E-state index in [2.05, 4.69) is 31.1 Å². The second-order valence-corrected chi connectivity index (χ2v) is 5.39. The van der Waals surface area contributed by atoms with Gasteiger partial charge in [-0.3, -0.25) is 4.90 Å². The Morgan fingerprint density at radius 1 is 1.25 bits per heavy atom. The van der Waals surface area contributed by atoms with Gasteiger partial charge in [-0.25, -0.2) is 0 Å². The second kappa shape index (κ2) is 5.48. The van der Waals surface area contributed by atoms with Crippen LogP contribution in [0.5, 0.6) is 0 Å². The van der Waals surface area contributed by atoms with Crippen LogP contribution in [0, 0.1) is 5.92 Å². The summed E-state index contributed by atoms with van der Waals surface area (Å²) in [6, 6.07) is 2.04. The quantitative estimate of drug-likeness (QED) is 0.772. The van der Waals surface area contributed by atoms with E-state index in [1.807, 2.05) is 0 Å². The molecular weight excluding hydrogens is 200 g/mol. The molecule has 2 saturated heterocycles. The van der Waals surface area contributed by atoms with Gasteiger partial charge in [-0.2, -0.15) is 0 Å². The molecule has 3 heteroatoms. The lowest BCUT2D eigenvalue weighted by Gasteiger charge is -2.47. The number of hydrogen-bond acceptors (Lipinski definition) is 3. The maximum atomic E-state index is 5.61. The lowest BCUT2D eigenvalue weighted by molar-refractivity contribution is -0.0270. The fourth-order valence-electron chi connectivity index (χ4n) is 3.30. The summed E-state index contributed by atoms with van der Waals surface area (Å²) in [5, 5.41) is 3.45. The minimum absolute atomic E-state index is 0.670. The number of likely N-dealkylation sites (tertiary alicyclic amines) is 1. The van der Waals surface area contributed by atoms with Crippen LogP contribution in [-0.2, 0) is 4.74 Å². The molecule has 0 amide bonds. The van der Waals surface area contributed by atoms with Crippen molar-refractivity contribution in [3.8, 4) is 0 Å². The molecule has 1 N–H and O–H groups in total. The molecule has 4 unspecified atom stereocenters. The first-order chi connectivity index (χ1) is 7.74. The number of piperidine rings is 1. The number of rotatable bonds is 2. The molecule has 2 aliphatic heterocycles. The molecule has 0 bridgehead atoms. The Morgan fingerprint density at radius 2 is 2.06 bits per heavy atom. The fourth-order valence-corrected chi connectivity index (χ4v) is 3.30. The van der Waals surface area contributed by atoms with Crippen LogP contribution in [0.3, 0.4) is 0 Å². The van der Waals surface area contributed by atoms with Gasteiger partial charge in [0.2, 0.25) is 0 Å². The summed E-state index contributed by atoms with van der Waals surface area (Å²) in [5.41, 5.74) is 0. The third-order valence-electron chi connectivity index (χ3n) is 4.59. The Kier molecular flexibility index (Phi) is 4.22. The van der Waals surface area contributed by atoms with Gasteiger partial charge in [0.1, 0.15) is 0 Å². The minimum atomic E-state index is 0.670. The van der Waals surface area contributed by atoms with E-state index < -0.39 is 0 Å². The smallest absolute Gasteiger partial charge is 0.0621 e. The molecule has 0 aromatic carbocycles. The van der Waals surface area contributed by atoms with Gasteiger partial charge in [0.25, 0.3) is 0 Å². The van der Waals surface area contributed by atoms with Crippen molar-refractivity contribution in [2.75, 3.05) is 26.8 Å². The van der Waals surface area contributed by atoms with Gasteiger partial charge < -0.3 is 10.1 Å². The van der Waals surface area contributed by atoms with E-state index >= 15 is 0 Å². The SMILES string of the molecule is CNC1CCN(C2CCCOC2)C(C)C1C. The molecule has 0 aliphatic carbocycles. The first kappa shape index (κ1) is 12.3. The van der Waals surface area contributed by atoms with Gasteiger partial charge >= 0.3 is 0 Å². The van der Waals surface area contributed by atoms with Crippen molar-refractivity contribution in [1.29, 1.82) is 0 Å². The van der Waals surface area contributed by atoms with Gasteiger partial charge in [0, 0.05) is 31.3 Å². The summed E-state index contributed by atoms with van der Waals surface area (Å²) in [6.45, 7) is 7.89. The molecule has 94 valence electrons. The van der Waals surface area contributed by atoms with Gasteiger partial charge in [-0.05, 0) is 39.2 Å². The second-order valence-electron chi connectivity index (χ2n) is 5.39. The van der Waals surface area contributed by atoms with Crippen molar-refractivity contribution < 1.29 is 4.74 Å². The highest BCUT2D eigenvalue weighted by Crippen LogP contribution is 2.27. The Bertz CT molecular complexity index is 216. The minimum Gasteiger partial charge on any atom is -0.380 e. The Labute approximate surface area is 99.5 Å². The summed E-state index contributed by atoms with van der Waals surface area (Å²) in [7, 11) is 2.09. The molecule has 3 nitrogen and oxygen atoms in total. The van der Waals surface area contributed by atoms with Crippen molar-refractivity contribution >= 4 is 0 Å². The zero-order valence-corrected chi connectivity index (χ0v) is 10.9. The lowest BCUT2D eigenvalue weighted by atomic mass is 9.85. The van der Waals surface area contributed by atoms with Crippen LogP contribution in [0.4, 0.5) is 0 Å².